The number of hydrogen-bond donors (Lipinski definition) is 1. The Labute approximate surface area is 117 Å². The lowest BCUT2D eigenvalue weighted by molar-refractivity contribution is 0.0815. The van der Waals surface area contributed by atoms with E-state index in [2.05, 4.69) is 48.3 Å². The quantitative estimate of drug-likeness (QED) is 0.896. The zero-order valence-corrected chi connectivity index (χ0v) is 12.2. The predicted molar refractivity (Wildman–Crippen MR) is 80.5 cm³/mol. The first-order valence-corrected chi connectivity index (χ1v) is 7.87. The Morgan fingerprint density at radius 3 is 2.37 bits per heavy atom. The van der Waals surface area contributed by atoms with Crippen LogP contribution in [-0.4, -0.2) is 36.1 Å². The van der Waals surface area contributed by atoms with Crippen LogP contribution in [0.4, 0.5) is 0 Å². The van der Waals surface area contributed by atoms with E-state index in [-0.39, 0.29) is 0 Å². The second-order valence-electron chi connectivity index (χ2n) is 6.10. The molecule has 2 heteroatoms. The van der Waals surface area contributed by atoms with Gasteiger partial charge in [0.05, 0.1) is 0 Å². The van der Waals surface area contributed by atoms with Crippen molar-refractivity contribution in [2.24, 2.45) is 0 Å². The third-order valence-electron chi connectivity index (χ3n) is 5.00. The number of piperazine rings is 1. The van der Waals surface area contributed by atoms with Crippen molar-refractivity contribution < 1.29 is 0 Å². The molecule has 0 aromatic heterocycles. The number of rotatable bonds is 3. The molecular formula is C17H26N2. The van der Waals surface area contributed by atoms with Gasteiger partial charge in [-0.1, -0.05) is 38.1 Å². The molecule has 3 rings (SSSR count). The molecule has 2 nitrogen and oxygen atoms in total. The van der Waals surface area contributed by atoms with Crippen LogP contribution in [0.1, 0.15) is 37.8 Å². The highest BCUT2D eigenvalue weighted by Crippen LogP contribution is 2.28. The predicted octanol–water partition coefficient (Wildman–Crippen LogP) is 2.62. The molecule has 0 amide bonds. The van der Waals surface area contributed by atoms with Crippen LogP contribution in [0.5, 0.6) is 0 Å². The Bertz CT molecular complexity index is 404. The maximum absolute atomic E-state index is 3.70. The molecule has 2 unspecified atom stereocenters. The van der Waals surface area contributed by atoms with Gasteiger partial charge in [0.15, 0.2) is 0 Å². The molecule has 0 bridgehead atoms. The Morgan fingerprint density at radius 1 is 1.11 bits per heavy atom. The molecule has 1 aromatic rings. The van der Waals surface area contributed by atoms with E-state index in [1.165, 1.54) is 38.8 Å². The van der Waals surface area contributed by atoms with Gasteiger partial charge in [0, 0.05) is 31.2 Å². The van der Waals surface area contributed by atoms with Crippen LogP contribution >= 0.6 is 0 Å². The zero-order valence-electron chi connectivity index (χ0n) is 12.2. The van der Waals surface area contributed by atoms with Crippen LogP contribution in [0.25, 0.3) is 0 Å². The second-order valence-corrected chi connectivity index (χ2v) is 6.10. The smallest absolute Gasteiger partial charge is 0.0221 e. The minimum absolute atomic E-state index is 0.687. The highest BCUT2D eigenvalue weighted by Gasteiger charge is 2.34. The van der Waals surface area contributed by atoms with Gasteiger partial charge >= 0.3 is 0 Å². The van der Waals surface area contributed by atoms with Crippen molar-refractivity contribution in [2.45, 2.75) is 57.7 Å². The van der Waals surface area contributed by atoms with Crippen molar-refractivity contribution >= 4 is 0 Å². The fraction of sp³-hybridized carbons (Fsp3) is 0.647. The number of hydrogen-bond acceptors (Lipinski definition) is 2. The first-order chi connectivity index (χ1) is 9.31. The summed E-state index contributed by atoms with van der Waals surface area (Å²) < 4.78 is 0. The lowest BCUT2D eigenvalue weighted by Gasteiger charge is -2.43. The van der Waals surface area contributed by atoms with E-state index >= 15 is 0 Å². The Hall–Kier alpha value is -0.860. The third kappa shape index (κ3) is 2.56. The normalized spacial score (nSPS) is 28.5. The lowest BCUT2D eigenvalue weighted by Crippen LogP contribution is -2.59. The fourth-order valence-corrected chi connectivity index (χ4v) is 3.76. The summed E-state index contributed by atoms with van der Waals surface area (Å²) >= 11 is 0. The topological polar surface area (TPSA) is 15.3 Å². The van der Waals surface area contributed by atoms with E-state index in [9.17, 15) is 0 Å². The molecule has 1 aliphatic heterocycles. The molecule has 1 saturated heterocycles. The van der Waals surface area contributed by atoms with E-state index < -0.39 is 0 Å². The van der Waals surface area contributed by atoms with Crippen molar-refractivity contribution in [1.82, 2.24) is 10.2 Å². The van der Waals surface area contributed by atoms with Gasteiger partial charge in [0.25, 0.3) is 0 Å². The van der Waals surface area contributed by atoms with Crippen LogP contribution in [0, 0.1) is 0 Å². The average molecular weight is 258 g/mol. The van der Waals surface area contributed by atoms with E-state index in [0.717, 1.165) is 12.1 Å². The first kappa shape index (κ1) is 13.1. The molecule has 0 saturated carbocycles. The first-order valence-electron chi connectivity index (χ1n) is 7.87. The van der Waals surface area contributed by atoms with E-state index in [1.807, 2.05) is 0 Å². The molecule has 1 N–H and O–H groups in total. The fourth-order valence-electron chi connectivity index (χ4n) is 3.76. The molecule has 104 valence electrons. The molecule has 0 radical (unpaired) electrons. The standard InChI is InChI=1S/C17H26N2/c1-3-15-12-19(16(4-2)11-18-15)17-9-13-7-5-6-8-14(13)10-17/h5-8,15-18H,3-4,9-12H2,1-2H3. The summed E-state index contributed by atoms with van der Waals surface area (Å²) in [5.74, 6) is 0. The van der Waals surface area contributed by atoms with E-state index in [4.69, 9.17) is 0 Å². The van der Waals surface area contributed by atoms with Crippen molar-refractivity contribution in [3.63, 3.8) is 0 Å². The maximum atomic E-state index is 3.70. The summed E-state index contributed by atoms with van der Waals surface area (Å²) in [5, 5.41) is 3.70. The minimum atomic E-state index is 0.687. The Balaban J connectivity index is 1.74. The van der Waals surface area contributed by atoms with Gasteiger partial charge in [-0.2, -0.15) is 0 Å². The molecule has 1 aliphatic carbocycles. The van der Waals surface area contributed by atoms with E-state index in [1.54, 1.807) is 11.1 Å². The van der Waals surface area contributed by atoms with E-state index in [0.29, 0.717) is 6.04 Å². The number of nitrogens with one attached hydrogen (secondary N) is 1. The third-order valence-corrected chi connectivity index (χ3v) is 5.00. The summed E-state index contributed by atoms with van der Waals surface area (Å²) in [7, 11) is 0. The highest BCUT2D eigenvalue weighted by molar-refractivity contribution is 5.33. The molecule has 0 spiro atoms. The maximum Gasteiger partial charge on any atom is 0.0221 e. The highest BCUT2D eigenvalue weighted by atomic mass is 15.3. The van der Waals surface area contributed by atoms with Gasteiger partial charge in [0.2, 0.25) is 0 Å². The Kier molecular flexibility index (Phi) is 3.90. The van der Waals surface area contributed by atoms with Gasteiger partial charge in [-0.3, -0.25) is 4.90 Å². The molecule has 2 atom stereocenters. The van der Waals surface area contributed by atoms with Crippen molar-refractivity contribution in [3.05, 3.63) is 35.4 Å². The summed E-state index contributed by atoms with van der Waals surface area (Å²) in [4.78, 5) is 2.80. The summed E-state index contributed by atoms with van der Waals surface area (Å²) in [5.41, 5.74) is 3.16. The van der Waals surface area contributed by atoms with Crippen LogP contribution in [0.2, 0.25) is 0 Å². The van der Waals surface area contributed by atoms with Crippen molar-refractivity contribution in [1.29, 1.82) is 0 Å². The average Bonchev–Trinajstić information content (AvgIpc) is 2.90. The molecule has 1 aromatic carbocycles. The van der Waals surface area contributed by atoms with Crippen LogP contribution in [-0.2, 0) is 12.8 Å². The lowest BCUT2D eigenvalue weighted by atomic mass is 10.0. The summed E-state index contributed by atoms with van der Waals surface area (Å²) in [6.45, 7) is 7.02. The van der Waals surface area contributed by atoms with Crippen LogP contribution in [0.15, 0.2) is 24.3 Å². The molecule has 19 heavy (non-hydrogen) atoms. The number of benzene rings is 1. The van der Waals surface area contributed by atoms with Crippen LogP contribution in [0.3, 0.4) is 0 Å². The zero-order chi connectivity index (χ0) is 13.2. The molecule has 1 heterocycles. The summed E-state index contributed by atoms with van der Waals surface area (Å²) in [6.07, 6.45) is 5.01. The Morgan fingerprint density at radius 2 is 1.79 bits per heavy atom. The monoisotopic (exact) mass is 258 g/mol. The minimum Gasteiger partial charge on any atom is -0.311 e. The number of nitrogens with zero attached hydrogens (tertiary/aromatic N) is 1. The van der Waals surface area contributed by atoms with Crippen molar-refractivity contribution in [3.8, 4) is 0 Å². The summed E-state index contributed by atoms with van der Waals surface area (Å²) in [6, 6.07) is 11.1. The van der Waals surface area contributed by atoms with Crippen LogP contribution < -0.4 is 5.32 Å². The van der Waals surface area contributed by atoms with Gasteiger partial charge in [0.1, 0.15) is 0 Å². The van der Waals surface area contributed by atoms with Gasteiger partial charge in [-0.25, -0.2) is 0 Å². The van der Waals surface area contributed by atoms with Gasteiger partial charge in [-0.15, -0.1) is 0 Å². The van der Waals surface area contributed by atoms with Gasteiger partial charge in [-0.05, 0) is 36.8 Å². The molecule has 1 fully saturated rings. The second kappa shape index (κ2) is 5.64. The molecular weight excluding hydrogens is 232 g/mol. The molecule has 2 aliphatic rings. The van der Waals surface area contributed by atoms with Crippen molar-refractivity contribution in [2.75, 3.05) is 13.1 Å². The largest absolute Gasteiger partial charge is 0.311 e. The number of fused-ring (bicyclic) bond motifs is 1. The SMILES string of the molecule is CCC1CN(C2Cc3ccccc3C2)C(CC)CN1. The van der Waals surface area contributed by atoms with Gasteiger partial charge < -0.3 is 5.32 Å².